The van der Waals surface area contributed by atoms with Gasteiger partial charge in [-0.1, -0.05) is 13.8 Å². The number of nitrogens with one attached hydrogen (secondary N) is 1. The van der Waals surface area contributed by atoms with Crippen LogP contribution in [0, 0.1) is 0 Å². The molecule has 0 aromatic carbocycles. The highest BCUT2D eigenvalue weighted by Crippen LogP contribution is 2.47. The molecule has 1 N–H and O–H groups in total. The first-order chi connectivity index (χ1) is 18.7. The summed E-state index contributed by atoms with van der Waals surface area (Å²) in [5.74, 6) is -0.236. The van der Waals surface area contributed by atoms with E-state index < -0.39 is 18.1 Å². The molecule has 206 valence electrons. The van der Waals surface area contributed by atoms with Crippen molar-refractivity contribution in [1.82, 2.24) is 24.8 Å². The molecule has 2 spiro atoms. The van der Waals surface area contributed by atoms with Crippen LogP contribution in [0.4, 0.5) is 32.2 Å². The fraction of sp³-hybridized carbons (Fsp3) is 0.571. The van der Waals surface area contributed by atoms with Gasteiger partial charge in [-0.3, -0.25) is 0 Å². The average molecular weight is 537 g/mol. The highest BCUT2D eigenvalue weighted by molar-refractivity contribution is 5.96. The van der Waals surface area contributed by atoms with Crippen LogP contribution in [0.2, 0.25) is 0 Å². The van der Waals surface area contributed by atoms with Crippen LogP contribution < -0.4 is 15.1 Å². The molecule has 4 fully saturated rings. The number of rotatable bonds is 5. The molecule has 0 saturated carbocycles. The van der Waals surface area contributed by atoms with Crippen molar-refractivity contribution < 1.29 is 13.5 Å². The van der Waals surface area contributed by atoms with Crippen LogP contribution in [0.3, 0.4) is 0 Å². The van der Waals surface area contributed by atoms with Crippen molar-refractivity contribution in [2.45, 2.75) is 56.1 Å². The second-order valence-corrected chi connectivity index (χ2v) is 11.9. The van der Waals surface area contributed by atoms with Crippen LogP contribution in [0.5, 0.6) is 0 Å². The largest absolute Gasteiger partial charge is 0.368 e. The number of piperidine rings is 1. The molecule has 9 nitrogen and oxygen atoms in total. The lowest BCUT2D eigenvalue weighted by Crippen LogP contribution is -2.76. The summed E-state index contributed by atoms with van der Waals surface area (Å²) in [5, 5.41) is 5.44. The zero-order chi connectivity index (χ0) is 27.0. The van der Waals surface area contributed by atoms with Crippen LogP contribution >= 0.6 is 0 Å². The average Bonchev–Trinajstić information content (AvgIpc) is 2.84. The quantitative estimate of drug-likeness (QED) is 0.516. The van der Waals surface area contributed by atoms with Gasteiger partial charge in [0.15, 0.2) is 0 Å². The number of halogens is 2. The Labute approximate surface area is 226 Å². The molecule has 0 unspecified atom stereocenters. The Balaban J connectivity index is 1.16. The molecule has 4 aliphatic heterocycles. The van der Waals surface area contributed by atoms with Crippen LogP contribution in [-0.2, 0) is 4.74 Å². The summed E-state index contributed by atoms with van der Waals surface area (Å²) in [7, 11) is 2.16. The Hall–Kier alpha value is -3.18. The lowest BCUT2D eigenvalue weighted by molar-refractivity contribution is -0.276. The van der Waals surface area contributed by atoms with Gasteiger partial charge in [-0.2, -0.15) is 4.98 Å². The van der Waals surface area contributed by atoms with E-state index in [4.69, 9.17) is 14.7 Å². The van der Waals surface area contributed by atoms with Crippen molar-refractivity contribution in [3.63, 3.8) is 0 Å². The SMILES string of the molecule is CC(C)c1cnc(N2CCC23CN(C)C3)c2cnc(Nc3ccnc(N4CC[C@@]5(CCO5)C(F)(F)C4)n3)cc12. The maximum atomic E-state index is 14.9. The molecule has 3 aromatic heterocycles. The van der Waals surface area contributed by atoms with Crippen molar-refractivity contribution >= 4 is 34.2 Å². The highest BCUT2D eigenvalue weighted by Gasteiger charge is 2.61. The smallest absolute Gasteiger partial charge is 0.293 e. The van der Waals surface area contributed by atoms with E-state index in [0.717, 1.165) is 41.8 Å². The van der Waals surface area contributed by atoms with E-state index in [-0.39, 0.29) is 17.9 Å². The number of aromatic nitrogens is 4. The van der Waals surface area contributed by atoms with Crippen LogP contribution in [0.15, 0.2) is 30.7 Å². The predicted molar refractivity (Wildman–Crippen MR) is 146 cm³/mol. The van der Waals surface area contributed by atoms with Gasteiger partial charge in [0.25, 0.3) is 5.92 Å². The molecular formula is C28H34F2N8O. The predicted octanol–water partition coefficient (Wildman–Crippen LogP) is 4.19. The number of likely N-dealkylation sites (N-methyl/N-ethyl adjacent to an activating group) is 1. The fourth-order valence-corrected chi connectivity index (χ4v) is 6.71. The van der Waals surface area contributed by atoms with Gasteiger partial charge in [0, 0.05) is 63.0 Å². The summed E-state index contributed by atoms with van der Waals surface area (Å²) in [4.78, 5) is 24.8. The van der Waals surface area contributed by atoms with Gasteiger partial charge >= 0.3 is 0 Å². The third kappa shape index (κ3) is 3.84. The van der Waals surface area contributed by atoms with Crippen molar-refractivity contribution in [2.24, 2.45) is 0 Å². The summed E-state index contributed by atoms with van der Waals surface area (Å²) < 4.78 is 35.1. The molecule has 0 bridgehead atoms. The lowest BCUT2D eigenvalue weighted by Gasteiger charge is -2.62. The van der Waals surface area contributed by atoms with E-state index in [1.165, 1.54) is 6.42 Å². The molecule has 11 heteroatoms. The third-order valence-corrected chi connectivity index (χ3v) is 9.07. The van der Waals surface area contributed by atoms with Gasteiger partial charge in [0.05, 0.1) is 18.7 Å². The van der Waals surface area contributed by atoms with E-state index >= 15 is 0 Å². The minimum atomic E-state index is -2.95. The molecule has 7 heterocycles. The molecule has 0 radical (unpaired) electrons. The number of nitrogens with zero attached hydrogens (tertiary/aromatic N) is 7. The summed E-state index contributed by atoms with van der Waals surface area (Å²) in [5.41, 5.74) is 0.0314. The fourth-order valence-electron chi connectivity index (χ4n) is 6.71. The summed E-state index contributed by atoms with van der Waals surface area (Å²) >= 11 is 0. The number of hydrogen-bond donors (Lipinski definition) is 1. The normalized spacial score (nSPS) is 25.6. The molecule has 7 rings (SSSR count). The van der Waals surface area contributed by atoms with Crippen molar-refractivity contribution in [3.8, 4) is 0 Å². The number of hydrogen-bond acceptors (Lipinski definition) is 9. The van der Waals surface area contributed by atoms with E-state index in [1.54, 1.807) is 17.2 Å². The third-order valence-electron chi connectivity index (χ3n) is 9.07. The molecule has 1 atom stereocenters. The van der Waals surface area contributed by atoms with E-state index in [0.29, 0.717) is 37.1 Å². The number of fused-ring (bicyclic) bond motifs is 1. The summed E-state index contributed by atoms with van der Waals surface area (Å²) in [6.45, 7) is 7.82. The summed E-state index contributed by atoms with van der Waals surface area (Å²) in [6, 6.07) is 3.77. The maximum Gasteiger partial charge on any atom is 0.293 e. The molecule has 0 aliphatic carbocycles. The number of anilines is 4. The molecule has 4 aliphatic rings. The van der Waals surface area contributed by atoms with E-state index in [2.05, 4.69) is 46.0 Å². The number of pyridine rings is 2. The monoisotopic (exact) mass is 536 g/mol. The maximum absolute atomic E-state index is 14.9. The van der Waals surface area contributed by atoms with Gasteiger partial charge in [-0.15, -0.1) is 0 Å². The first-order valence-electron chi connectivity index (χ1n) is 13.8. The topological polar surface area (TPSA) is 82.5 Å². The van der Waals surface area contributed by atoms with Gasteiger partial charge in [-0.05, 0) is 42.5 Å². The molecule has 39 heavy (non-hydrogen) atoms. The van der Waals surface area contributed by atoms with E-state index in [1.807, 2.05) is 18.5 Å². The van der Waals surface area contributed by atoms with Gasteiger partial charge in [0.2, 0.25) is 5.95 Å². The molecule has 4 saturated heterocycles. The number of likely N-dealkylation sites (tertiary alicyclic amines) is 1. The van der Waals surface area contributed by atoms with Crippen molar-refractivity contribution in [1.29, 1.82) is 0 Å². The zero-order valence-electron chi connectivity index (χ0n) is 22.6. The Morgan fingerprint density at radius 2 is 1.79 bits per heavy atom. The van der Waals surface area contributed by atoms with Gasteiger partial charge < -0.3 is 24.8 Å². The highest BCUT2D eigenvalue weighted by atomic mass is 19.3. The Morgan fingerprint density at radius 1 is 0.974 bits per heavy atom. The Bertz CT molecular complexity index is 1420. The van der Waals surface area contributed by atoms with Gasteiger partial charge in [-0.25, -0.2) is 23.7 Å². The molecular weight excluding hydrogens is 502 g/mol. The van der Waals surface area contributed by atoms with Crippen molar-refractivity contribution in [3.05, 3.63) is 36.3 Å². The van der Waals surface area contributed by atoms with E-state index in [9.17, 15) is 8.78 Å². The van der Waals surface area contributed by atoms with Crippen LogP contribution in [0.1, 0.15) is 44.6 Å². The zero-order valence-corrected chi connectivity index (χ0v) is 22.6. The van der Waals surface area contributed by atoms with Crippen molar-refractivity contribution in [2.75, 3.05) is 61.5 Å². The first kappa shape index (κ1) is 24.8. The second-order valence-electron chi connectivity index (χ2n) is 11.9. The summed E-state index contributed by atoms with van der Waals surface area (Å²) in [6.07, 6.45) is 7.33. The van der Waals surface area contributed by atoms with Crippen LogP contribution in [0.25, 0.3) is 10.8 Å². The Morgan fingerprint density at radius 3 is 2.44 bits per heavy atom. The van der Waals surface area contributed by atoms with Gasteiger partial charge in [0.1, 0.15) is 23.1 Å². The first-order valence-corrected chi connectivity index (χ1v) is 13.8. The second kappa shape index (κ2) is 8.66. The number of ether oxygens (including phenoxy) is 1. The number of alkyl halides is 2. The Kier molecular flexibility index (Phi) is 5.51. The van der Waals surface area contributed by atoms with Crippen LogP contribution in [-0.4, -0.2) is 88.3 Å². The molecule has 3 aromatic rings. The minimum absolute atomic E-state index is 0.192. The minimum Gasteiger partial charge on any atom is -0.368 e. The molecule has 0 amide bonds. The lowest BCUT2D eigenvalue weighted by atomic mass is 9.77. The standard InChI is InChI=1S/C28H34F2N8O/c1-18(2)20-13-33-24(38-10-5-26(38)15-36(3)16-26)21-14-32-23(12-19(20)21)34-22-4-8-31-25(35-22)37-9-6-27(7-11-39-27)28(29,30)17-37/h4,8,12-14,18H,5-7,9-11,15-17H2,1-3H3,(H,31,32,34,35)/t27-/m1/s1.